The Kier molecular flexibility index (Phi) is 3.41. The first-order valence-electron chi connectivity index (χ1n) is 3.93. The molecular weight excluding hydrogens is 248 g/mol. The van der Waals surface area contributed by atoms with Gasteiger partial charge in [0.25, 0.3) is 0 Å². The van der Waals surface area contributed by atoms with E-state index in [1.54, 1.807) is 12.1 Å². The molecule has 0 aliphatic rings. The standard InChI is InChI=1S/C10H9BrO3/c1-6-3-7(5-12)8(4-9(6)11)10(13)14-2/h3-5H,1-2H3. The molecule has 0 spiro atoms. The number of halogens is 1. The molecule has 0 amide bonds. The van der Waals surface area contributed by atoms with Crippen molar-refractivity contribution in [2.45, 2.75) is 6.92 Å². The third-order valence-corrected chi connectivity index (χ3v) is 2.72. The molecule has 0 radical (unpaired) electrons. The molecule has 0 aromatic heterocycles. The van der Waals surface area contributed by atoms with Crippen molar-refractivity contribution in [3.63, 3.8) is 0 Å². The Balaban J connectivity index is 3.34. The van der Waals surface area contributed by atoms with Crippen molar-refractivity contribution < 1.29 is 14.3 Å². The summed E-state index contributed by atoms with van der Waals surface area (Å²) in [6, 6.07) is 3.23. The minimum Gasteiger partial charge on any atom is -0.465 e. The van der Waals surface area contributed by atoms with Crippen molar-refractivity contribution in [1.29, 1.82) is 0 Å². The Morgan fingerprint density at radius 2 is 2.14 bits per heavy atom. The number of hydrogen-bond acceptors (Lipinski definition) is 3. The predicted octanol–water partition coefficient (Wildman–Crippen LogP) is 2.36. The van der Waals surface area contributed by atoms with E-state index < -0.39 is 5.97 Å². The van der Waals surface area contributed by atoms with E-state index in [1.807, 2.05) is 6.92 Å². The molecular formula is C10H9BrO3. The number of carbonyl (C=O) groups is 2. The largest absolute Gasteiger partial charge is 0.465 e. The number of ether oxygens (including phenoxy) is 1. The number of methoxy groups -OCH3 is 1. The Labute approximate surface area is 90.2 Å². The first kappa shape index (κ1) is 10.9. The fourth-order valence-corrected chi connectivity index (χ4v) is 1.43. The Morgan fingerprint density at radius 3 is 2.64 bits per heavy atom. The molecule has 0 saturated heterocycles. The van der Waals surface area contributed by atoms with Gasteiger partial charge < -0.3 is 4.74 Å². The molecule has 1 aromatic rings. The fourth-order valence-electron chi connectivity index (χ4n) is 1.09. The SMILES string of the molecule is COC(=O)c1cc(Br)c(C)cc1C=O. The lowest BCUT2D eigenvalue weighted by molar-refractivity contribution is 0.0598. The molecule has 0 N–H and O–H groups in total. The van der Waals surface area contributed by atoms with Crippen LogP contribution in [0.25, 0.3) is 0 Å². The predicted molar refractivity (Wildman–Crippen MR) is 55.6 cm³/mol. The minimum absolute atomic E-state index is 0.278. The summed E-state index contributed by atoms with van der Waals surface area (Å²) < 4.78 is 5.34. The molecule has 0 heterocycles. The number of carbonyl (C=O) groups excluding carboxylic acids is 2. The van der Waals surface area contributed by atoms with E-state index in [0.29, 0.717) is 11.8 Å². The summed E-state index contributed by atoms with van der Waals surface area (Å²) in [6.45, 7) is 1.85. The molecule has 1 aromatic carbocycles. The molecule has 0 fully saturated rings. The van der Waals surface area contributed by atoms with Crippen LogP contribution in [0.4, 0.5) is 0 Å². The highest BCUT2D eigenvalue weighted by Crippen LogP contribution is 2.21. The summed E-state index contributed by atoms with van der Waals surface area (Å²) in [5, 5.41) is 0. The Bertz CT molecular complexity index is 385. The van der Waals surface area contributed by atoms with Gasteiger partial charge in [-0.05, 0) is 24.6 Å². The van der Waals surface area contributed by atoms with Crippen LogP contribution in [0.3, 0.4) is 0 Å². The number of aldehydes is 1. The average Bonchev–Trinajstić information content (AvgIpc) is 2.20. The molecule has 0 aliphatic heterocycles. The summed E-state index contributed by atoms with van der Waals surface area (Å²) in [5.74, 6) is -0.507. The van der Waals surface area contributed by atoms with Gasteiger partial charge in [0.15, 0.2) is 6.29 Å². The minimum atomic E-state index is -0.507. The van der Waals surface area contributed by atoms with Crippen molar-refractivity contribution in [1.82, 2.24) is 0 Å². The molecule has 14 heavy (non-hydrogen) atoms. The molecule has 0 aliphatic carbocycles. The maximum absolute atomic E-state index is 11.3. The maximum atomic E-state index is 11.3. The van der Waals surface area contributed by atoms with Crippen LogP contribution in [0.5, 0.6) is 0 Å². The highest BCUT2D eigenvalue weighted by molar-refractivity contribution is 9.10. The number of esters is 1. The van der Waals surface area contributed by atoms with Crippen LogP contribution in [0.15, 0.2) is 16.6 Å². The van der Waals surface area contributed by atoms with Gasteiger partial charge in [-0.2, -0.15) is 0 Å². The normalized spacial score (nSPS) is 9.64. The van der Waals surface area contributed by atoms with Crippen LogP contribution >= 0.6 is 15.9 Å². The highest BCUT2D eigenvalue weighted by atomic mass is 79.9. The van der Waals surface area contributed by atoms with E-state index in [4.69, 9.17) is 0 Å². The van der Waals surface area contributed by atoms with E-state index in [0.717, 1.165) is 10.0 Å². The van der Waals surface area contributed by atoms with Crippen molar-refractivity contribution in [2.75, 3.05) is 7.11 Å². The second-order valence-electron chi connectivity index (χ2n) is 2.80. The zero-order valence-corrected chi connectivity index (χ0v) is 9.42. The van der Waals surface area contributed by atoms with E-state index in [-0.39, 0.29) is 5.56 Å². The van der Waals surface area contributed by atoms with Crippen LogP contribution < -0.4 is 0 Å². The summed E-state index contributed by atoms with van der Waals surface area (Å²) in [4.78, 5) is 21.9. The third kappa shape index (κ3) is 2.01. The molecule has 0 atom stereocenters. The van der Waals surface area contributed by atoms with Gasteiger partial charge in [0.1, 0.15) is 0 Å². The number of hydrogen-bond donors (Lipinski definition) is 0. The van der Waals surface area contributed by atoms with Gasteiger partial charge in [-0.15, -0.1) is 0 Å². The highest BCUT2D eigenvalue weighted by Gasteiger charge is 2.13. The topological polar surface area (TPSA) is 43.4 Å². The monoisotopic (exact) mass is 256 g/mol. The van der Waals surface area contributed by atoms with Crippen LogP contribution in [-0.2, 0) is 4.74 Å². The molecule has 74 valence electrons. The number of rotatable bonds is 2. The molecule has 0 bridgehead atoms. The smallest absolute Gasteiger partial charge is 0.338 e. The molecule has 0 saturated carbocycles. The average molecular weight is 257 g/mol. The van der Waals surface area contributed by atoms with Gasteiger partial charge >= 0.3 is 5.97 Å². The molecule has 4 heteroatoms. The van der Waals surface area contributed by atoms with Gasteiger partial charge in [-0.25, -0.2) is 4.79 Å². The van der Waals surface area contributed by atoms with E-state index in [9.17, 15) is 9.59 Å². The maximum Gasteiger partial charge on any atom is 0.338 e. The number of benzene rings is 1. The Hall–Kier alpha value is -1.16. The summed E-state index contributed by atoms with van der Waals surface area (Å²) in [6.07, 6.45) is 0.645. The summed E-state index contributed by atoms with van der Waals surface area (Å²) >= 11 is 3.28. The van der Waals surface area contributed by atoms with Crippen LogP contribution in [0.1, 0.15) is 26.3 Å². The first-order valence-corrected chi connectivity index (χ1v) is 4.73. The molecule has 1 rings (SSSR count). The van der Waals surface area contributed by atoms with Gasteiger partial charge in [0.05, 0.1) is 12.7 Å². The first-order chi connectivity index (χ1) is 6.60. The molecule has 3 nitrogen and oxygen atoms in total. The van der Waals surface area contributed by atoms with Crippen LogP contribution in [0, 0.1) is 6.92 Å². The van der Waals surface area contributed by atoms with Gasteiger partial charge in [0.2, 0.25) is 0 Å². The van der Waals surface area contributed by atoms with Crippen molar-refractivity contribution in [3.8, 4) is 0 Å². The van der Waals surface area contributed by atoms with Gasteiger partial charge in [-0.3, -0.25) is 4.79 Å². The molecule has 0 unspecified atom stereocenters. The van der Waals surface area contributed by atoms with Crippen LogP contribution in [0.2, 0.25) is 0 Å². The lowest BCUT2D eigenvalue weighted by Gasteiger charge is -2.05. The van der Waals surface area contributed by atoms with Crippen molar-refractivity contribution >= 4 is 28.2 Å². The van der Waals surface area contributed by atoms with E-state index in [2.05, 4.69) is 20.7 Å². The number of aryl methyl sites for hydroxylation is 1. The van der Waals surface area contributed by atoms with E-state index >= 15 is 0 Å². The van der Waals surface area contributed by atoms with Crippen LogP contribution in [-0.4, -0.2) is 19.4 Å². The lowest BCUT2D eigenvalue weighted by Crippen LogP contribution is -2.05. The zero-order valence-electron chi connectivity index (χ0n) is 7.83. The fraction of sp³-hybridized carbons (Fsp3) is 0.200. The van der Waals surface area contributed by atoms with E-state index in [1.165, 1.54) is 7.11 Å². The summed E-state index contributed by atoms with van der Waals surface area (Å²) in [7, 11) is 1.28. The quantitative estimate of drug-likeness (QED) is 0.603. The van der Waals surface area contributed by atoms with Crippen molar-refractivity contribution in [2.24, 2.45) is 0 Å². The van der Waals surface area contributed by atoms with Gasteiger partial charge in [-0.1, -0.05) is 15.9 Å². The Morgan fingerprint density at radius 1 is 1.50 bits per heavy atom. The third-order valence-electron chi connectivity index (χ3n) is 1.86. The zero-order chi connectivity index (χ0) is 10.7. The van der Waals surface area contributed by atoms with Crippen molar-refractivity contribution in [3.05, 3.63) is 33.3 Å². The second-order valence-corrected chi connectivity index (χ2v) is 3.65. The summed E-state index contributed by atoms with van der Waals surface area (Å²) in [5.41, 5.74) is 1.53. The lowest BCUT2D eigenvalue weighted by atomic mass is 10.1. The van der Waals surface area contributed by atoms with Gasteiger partial charge in [0, 0.05) is 10.0 Å². The second kappa shape index (κ2) is 4.37.